The van der Waals surface area contributed by atoms with Crippen LogP contribution in [0.2, 0.25) is 0 Å². The molecule has 142 valence electrons. The summed E-state index contributed by atoms with van der Waals surface area (Å²) >= 11 is 1.11. The van der Waals surface area contributed by atoms with Gasteiger partial charge in [-0.3, -0.25) is 14.6 Å². The second-order valence-corrected chi connectivity index (χ2v) is 8.19. The molecule has 1 unspecified atom stereocenters. The lowest BCUT2D eigenvalue weighted by molar-refractivity contribution is 0.0916. The first-order chi connectivity index (χ1) is 12.9. The van der Waals surface area contributed by atoms with Crippen LogP contribution in [0, 0.1) is 0 Å². The van der Waals surface area contributed by atoms with Crippen LogP contribution in [0.1, 0.15) is 35.5 Å². The molecule has 1 aliphatic heterocycles. The molecule has 1 aromatic heterocycles. The number of hydrogen-bond donors (Lipinski definition) is 2. The Labute approximate surface area is 162 Å². The van der Waals surface area contributed by atoms with Gasteiger partial charge in [-0.25, -0.2) is 0 Å². The van der Waals surface area contributed by atoms with E-state index in [9.17, 15) is 14.7 Å². The highest BCUT2D eigenvalue weighted by atomic mass is 32.2. The number of pyridine rings is 1. The van der Waals surface area contributed by atoms with Crippen LogP contribution in [0.5, 0.6) is 5.75 Å². The lowest BCUT2D eigenvalue weighted by atomic mass is 9.98. The molecule has 2 heterocycles. The molecular formula is C20H22N2O4S. The van der Waals surface area contributed by atoms with E-state index in [-0.39, 0.29) is 17.6 Å². The number of aliphatic hydroxyl groups excluding tert-OH is 1. The van der Waals surface area contributed by atoms with Gasteiger partial charge in [0.2, 0.25) is 5.78 Å². The molecule has 0 aliphatic carbocycles. The average Bonchev–Trinajstić information content (AvgIpc) is 2.92. The number of nitrogens with one attached hydrogen (secondary N) is 1. The number of rotatable bonds is 7. The molecule has 3 rings (SSSR count). The van der Waals surface area contributed by atoms with Gasteiger partial charge in [-0.1, -0.05) is 36.9 Å². The summed E-state index contributed by atoms with van der Waals surface area (Å²) in [7, 11) is 0. The summed E-state index contributed by atoms with van der Waals surface area (Å²) in [6.45, 7) is 3.80. The van der Waals surface area contributed by atoms with Crippen molar-refractivity contribution in [3.8, 4) is 5.75 Å². The summed E-state index contributed by atoms with van der Waals surface area (Å²) in [6.07, 6.45) is 2.24. The fraction of sp³-hybridized carbons (Fsp3) is 0.350. The van der Waals surface area contributed by atoms with Crippen LogP contribution in [0.15, 0.2) is 42.6 Å². The van der Waals surface area contributed by atoms with E-state index < -0.39 is 11.0 Å². The summed E-state index contributed by atoms with van der Waals surface area (Å²) in [6, 6.07) is 10.9. The predicted octanol–water partition coefficient (Wildman–Crippen LogP) is 2.98. The van der Waals surface area contributed by atoms with Gasteiger partial charge >= 0.3 is 0 Å². The van der Waals surface area contributed by atoms with E-state index in [1.165, 1.54) is 0 Å². The van der Waals surface area contributed by atoms with Gasteiger partial charge in [-0.05, 0) is 49.1 Å². The Bertz CT molecular complexity index is 823. The molecule has 1 aliphatic rings. The van der Waals surface area contributed by atoms with Crippen LogP contribution >= 0.6 is 11.8 Å². The van der Waals surface area contributed by atoms with Gasteiger partial charge in [0.15, 0.2) is 6.61 Å². The van der Waals surface area contributed by atoms with Crippen molar-refractivity contribution >= 4 is 22.8 Å². The number of aromatic nitrogens is 1. The molecule has 27 heavy (non-hydrogen) atoms. The van der Waals surface area contributed by atoms with Crippen molar-refractivity contribution in [1.82, 2.24) is 10.3 Å². The number of carbonyl (C=O) groups excluding carboxylic acids is 2. The first kappa shape index (κ1) is 19.4. The summed E-state index contributed by atoms with van der Waals surface area (Å²) in [5.74, 6) is 0.403. The molecule has 7 heteroatoms. The van der Waals surface area contributed by atoms with Crippen LogP contribution < -0.4 is 10.1 Å². The van der Waals surface area contributed by atoms with E-state index in [1.54, 1.807) is 24.4 Å². The maximum Gasteiger partial charge on any atom is 0.281 e. The normalized spacial score (nSPS) is 21.7. The number of amides is 1. The molecule has 1 fully saturated rings. The number of carbonyl (C=O) groups is 2. The van der Waals surface area contributed by atoms with Crippen LogP contribution in [0.25, 0.3) is 0 Å². The maximum atomic E-state index is 12.2. The summed E-state index contributed by atoms with van der Waals surface area (Å²) in [5, 5.41) is 12.3. The standard InChI is InChI=1S/C20H22N2O4S/c1-3-13-6-9-16(21-11-13)17(23)12-26-15-7-4-14(5-8-15)10-20(2)18(24)22-19(25)27-20/h4-9,11,18,24H,3,10,12H2,1-2H3,(H,22,25)/t18?,20-/m1/s1. The Morgan fingerprint density at radius 2 is 1.96 bits per heavy atom. The fourth-order valence-electron chi connectivity index (χ4n) is 2.82. The summed E-state index contributed by atoms with van der Waals surface area (Å²) in [4.78, 5) is 27.8. The fourth-order valence-corrected chi connectivity index (χ4v) is 3.83. The highest BCUT2D eigenvalue weighted by molar-refractivity contribution is 8.15. The van der Waals surface area contributed by atoms with Gasteiger partial charge in [-0.2, -0.15) is 0 Å². The predicted molar refractivity (Wildman–Crippen MR) is 104 cm³/mol. The first-order valence-corrected chi connectivity index (χ1v) is 9.59. The van der Waals surface area contributed by atoms with Crippen LogP contribution in [-0.4, -0.2) is 38.7 Å². The smallest absolute Gasteiger partial charge is 0.281 e. The van der Waals surface area contributed by atoms with Gasteiger partial charge < -0.3 is 15.2 Å². The monoisotopic (exact) mass is 386 g/mol. The zero-order valence-corrected chi connectivity index (χ0v) is 16.1. The number of ether oxygens (including phenoxy) is 1. The molecule has 1 aromatic carbocycles. The number of aryl methyl sites for hydroxylation is 1. The molecular weight excluding hydrogens is 364 g/mol. The van der Waals surface area contributed by atoms with Crippen LogP contribution in [0.4, 0.5) is 4.79 Å². The average molecular weight is 386 g/mol. The second-order valence-electron chi connectivity index (χ2n) is 6.69. The Hall–Kier alpha value is -2.38. The molecule has 0 bridgehead atoms. The third kappa shape index (κ3) is 4.67. The second kappa shape index (κ2) is 8.10. The van der Waals surface area contributed by atoms with Crippen molar-refractivity contribution in [2.75, 3.05) is 6.61 Å². The number of ketones is 1. The number of nitrogens with zero attached hydrogens (tertiary/aromatic N) is 1. The highest BCUT2D eigenvalue weighted by Crippen LogP contribution is 2.37. The molecule has 0 saturated carbocycles. The van der Waals surface area contributed by atoms with E-state index in [0.717, 1.165) is 29.3 Å². The molecule has 1 saturated heterocycles. The van der Waals surface area contributed by atoms with Gasteiger partial charge in [0.05, 0.1) is 4.75 Å². The Morgan fingerprint density at radius 3 is 2.52 bits per heavy atom. The minimum atomic E-state index is -0.879. The number of thioether (sulfide) groups is 1. The van der Waals surface area contributed by atoms with E-state index in [0.29, 0.717) is 17.9 Å². The quantitative estimate of drug-likeness (QED) is 0.711. The van der Waals surface area contributed by atoms with E-state index in [4.69, 9.17) is 4.74 Å². The zero-order chi connectivity index (χ0) is 19.4. The SMILES string of the molecule is CCc1ccc(C(=O)COc2ccc(C[C@@]3(C)SC(=O)NC3O)cc2)nc1. The highest BCUT2D eigenvalue weighted by Gasteiger charge is 2.43. The molecule has 2 atom stereocenters. The van der Waals surface area contributed by atoms with Crippen molar-refractivity contribution in [3.63, 3.8) is 0 Å². The number of Topliss-reactive ketones (excluding diaryl/α,β-unsaturated/α-hetero) is 1. The molecule has 0 spiro atoms. The Balaban J connectivity index is 1.56. The van der Waals surface area contributed by atoms with E-state index in [1.807, 2.05) is 32.0 Å². The van der Waals surface area contributed by atoms with Crippen molar-refractivity contribution in [3.05, 3.63) is 59.4 Å². The number of aliphatic hydroxyl groups is 1. The van der Waals surface area contributed by atoms with E-state index >= 15 is 0 Å². The maximum absolute atomic E-state index is 12.2. The van der Waals surface area contributed by atoms with Gasteiger partial charge in [0.1, 0.15) is 17.7 Å². The largest absolute Gasteiger partial charge is 0.485 e. The number of benzene rings is 1. The van der Waals surface area contributed by atoms with Crippen molar-refractivity contribution in [1.29, 1.82) is 0 Å². The molecule has 6 nitrogen and oxygen atoms in total. The van der Waals surface area contributed by atoms with Gasteiger partial charge in [-0.15, -0.1) is 0 Å². The zero-order valence-electron chi connectivity index (χ0n) is 15.3. The Kier molecular flexibility index (Phi) is 5.82. The minimum absolute atomic E-state index is 0.0808. The molecule has 1 amide bonds. The number of hydrogen-bond acceptors (Lipinski definition) is 6. The van der Waals surface area contributed by atoms with Gasteiger partial charge in [0.25, 0.3) is 5.24 Å². The third-order valence-corrected chi connectivity index (χ3v) is 5.66. The van der Waals surface area contributed by atoms with E-state index in [2.05, 4.69) is 10.3 Å². The Morgan fingerprint density at radius 1 is 1.26 bits per heavy atom. The lowest BCUT2D eigenvalue weighted by Crippen LogP contribution is -2.40. The molecule has 2 N–H and O–H groups in total. The van der Waals surface area contributed by atoms with Crippen LogP contribution in [0.3, 0.4) is 0 Å². The van der Waals surface area contributed by atoms with Crippen LogP contribution in [-0.2, 0) is 12.8 Å². The molecule has 2 aromatic rings. The van der Waals surface area contributed by atoms with Crippen molar-refractivity contribution < 1.29 is 19.4 Å². The third-order valence-electron chi connectivity index (χ3n) is 4.53. The minimum Gasteiger partial charge on any atom is -0.485 e. The van der Waals surface area contributed by atoms with Gasteiger partial charge in [0, 0.05) is 6.20 Å². The first-order valence-electron chi connectivity index (χ1n) is 8.77. The summed E-state index contributed by atoms with van der Waals surface area (Å²) < 4.78 is 4.95. The van der Waals surface area contributed by atoms with Crippen molar-refractivity contribution in [2.24, 2.45) is 0 Å². The lowest BCUT2D eigenvalue weighted by Gasteiger charge is -2.24. The molecule has 0 radical (unpaired) electrons. The topological polar surface area (TPSA) is 88.5 Å². The summed E-state index contributed by atoms with van der Waals surface area (Å²) in [5.41, 5.74) is 2.44. The van der Waals surface area contributed by atoms with Crippen molar-refractivity contribution in [2.45, 2.75) is 37.7 Å².